The van der Waals surface area contributed by atoms with E-state index in [0.717, 1.165) is 11.0 Å². The van der Waals surface area contributed by atoms with Crippen molar-refractivity contribution in [3.05, 3.63) is 54.4 Å². The van der Waals surface area contributed by atoms with Gasteiger partial charge in [0.25, 0.3) is 5.91 Å². The Labute approximate surface area is 108 Å². The van der Waals surface area contributed by atoms with Gasteiger partial charge in [0.15, 0.2) is 0 Å². The van der Waals surface area contributed by atoms with Crippen LogP contribution in [-0.4, -0.2) is 21.0 Å². The number of aromatic nitrogens is 2. The predicted octanol–water partition coefficient (Wildman–Crippen LogP) is 2.52. The summed E-state index contributed by atoms with van der Waals surface area (Å²) in [5, 5.41) is 12.3. The molecule has 0 aliphatic carbocycles. The van der Waals surface area contributed by atoms with E-state index in [0.29, 0.717) is 11.3 Å². The van der Waals surface area contributed by atoms with Crippen LogP contribution in [0.25, 0.3) is 11.0 Å². The molecular weight excluding hydrogens is 242 g/mol. The third kappa shape index (κ3) is 2.13. The number of nitrogens with one attached hydrogen (secondary N) is 2. The topological polar surface area (TPSA) is 78.0 Å². The highest BCUT2D eigenvalue weighted by Gasteiger charge is 2.09. The summed E-state index contributed by atoms with van der Waals surface area (Å²) in [5.41, 5.74) is 2.49. The van der Waals surface area contributed by atoms with Crippen LogP contribution in [0.3, 0.4) is 0 Å². The van der Waals surface area contributed by atoms with E-state index in [9.17, 15) is 9.90 Å². The number of aromatic hydroxyl groups is 1. The fourth-order valence-electron chi connectivity index (χ4n) is 1.85. The van der Waals surface area contributed by atoms with E-state index in [4.69, 9.17) is 0 Å². The van der Waals surface area contributed by atoms with E-state index in [-0.39, 0.29) is 11.7 Å². The molecule has 3 N–H and O–H groups in total. The summed E-state index contributed by atoms with van der Waals surface area (Å²) < 4.78 is 0. The summed E-state index contributed by atoms with van der Waals surface area (Å²) >= 11 is 0. The minimum Gasteiger partial charge on any atom is -0.506 e. The molecule has 94 valence electrons. The van der Waals surface area contributed by atoms with Crippen molar-refractivity contribution in [3.8, 4) is 5.75 Å². The van der Waals surface area contributed by atoms with Gasteiger partial charge in [0.1, 0.15) is 5.75 Å². The number of phenols is 1. The highest BCUT2D eigenvalue weighted by molar-refractivity contribution is 6.06. The maximum absolute atomic E-state index is 12.1. The van der Waals surface area contributed by atoms with Gasteiger partial charge in [0, 0.05) is 5.56 Å². The Bertz CT molecular complexity index is 749. The Morgan fingerprint density at radius 3 is 2.89 bits per heavy atom. The van der Waals surface area contributed by atoms with E-state index >= 15 is 0 Å². The van der Waals surface area contributed by atoms with Gasteiger partial charge in [-0.1, -0.05) is 12.1 Å². The van der Waals surface area contributed by atoms with Gasteiger partial charge in [-0.2, -0.15) is 0 Å². The maximum atomic E-state index is 12.1. The summed E-state index contributed by atoms with van der Waals surface area (Å²) in [6.07, 6.45) is 1.58. The molecule has 3 aromatic rings. The van der Waals surface area contributed by atoms with Crippen LogP contribution in [0.1, 0.15) is 10.4 Å². The number of imidazole rings is 1. The van der Waals surface area contributed by atoms with Crippen LogP contribution in [0, 0.1) is 0 Å². The van der Waals surface area contributed by atoms with Crippen LogP contribution in [0.2, 0.25) is 0 Å². The first-order valence-electron chi connectivity index (χ1n) is 5.76. The first kappa shape index (κ1) is 11.3. The number of para-hydroxylation sites is 2. The number of nitrogens with zero attached hydrogens (tertiary/aromatic N) is 1. The Morgan fingerprint density at radius 2 is 2.05 bits per heavy atom. The van der Waals surface area contributed by atoms with Gasteiger partial charge in [0.05, 0.1) is 23.0 Å². The normalized spacial score (nSPS) is 10.5. The highest BCUT2D eigenvalue weighted by Crippen LogP contribution is 2.22. The second-order valence-corrected chi connectivity index (χ2v) is 4.11. The van der Waals surface area contributed by atoms with E-state index < -0.39 is 0 Å². The summed E-state index contributed by atoms with van der Waals surface area (Å²) in [6, 6.07) is 11.8. The number of carbonyl (C=O) groups is 1. The van der Waals surface area contributed by atoms with Crippen molar-refractivity contribution < 1.29 is 9.90 Å². The van der Waals surface area contributed by atoms with Crippen LogP contribution < -0.4 is 5.32 Å². The highest BCUT2D eigenvalue weighted by atomic mass is 16.3. The predicted molar refractivity (Wildman–Crippen MR) is 72.2 cm³/mol. The molecule has 1 heterocycles. The fraction of sp³-hybridized carbons (Fsp3) is 0. The van der Waals surface area contributed by atoms with Crippen molar-refractivity contribution in [2.75, 3.05) is 5.32 Å². The van der Waals surface area contributed by atoms with E-state index in [2.05, 4.69) is 15.3 Å². The summed E-state index contributed by atoms with van der Waals surface area (Å²) in [6.45, 7) is 0. The van der Waals surface area contributed by atoms with Gasteiger partial charge in [0.2, 0.25) is 0 Å². The van der Waals surface area contributed by atoms with Gasteiger partial charge in [-0.15, -0.1) is 0 Å². The molecule has 0 atom stereocenters. The number of hydrogen-bond acceptors (Lipinski definition) is 3. The SMILES string of the molecule is O=C(Nc1ccccc1O)c1ccc2nc[nH]c2c1. The van der Waals surface area contributed by atoms with E-state index in [1.54, 1.807) is 42.7 Å². The Hall–Kier alpha value is -2.82. The fourth-order valence-corrected chi connectivity index (χ4v) is 1.85. The average Bonchev–Trinajstić information content (AvgIpc) is 2.88. The first-order valence-corrected chi connectivity index (χ1v) is 5.76. The lowest BCUT2D eigenvalue weighted by Crippen LogP contribution is -2.11. The number of anilines is 1. The molecule has 0 spiro atoms. The molecule has 3 rings (SSSR count). The third-order valence-electron chi connectivity index (χ3n) is 2.83. The van der Waals surface area contributed by atoms with Crippen molar-refractivity contribution in [1.82, 2.24) is 9.97 Å². The van der Waals surface area contributed by atoms with Crippen molar-refractivity contribution in [1.29, 1.82) is 0 Å². The number of hydrogen-bond donors (Lipinski definition) is 3. The van der Waals surface area contributed by atoms with Crippen molar-refractivity contribution in [2.24, 2.45) is 0 Å². The summed E-state index contributed by atoms with van der Waals surface area (Å²) in [4.78, 5) is 19.1. The monoisotopic (exact) mass is 253 g/mol. The molecule has 5 heteroatoms. The number of rotatable bonds is 2. The number of aromatic amines is 1. The Kier molecular flexibility index (Phi) is 2.64. The lowest BCUT2D eigenvalue weighted by Gasteiger charge is -2.06. The van der Waals surface area contributed by atoms with Crippen molar-refractivity contribution in [2.45, 2.75) is 0 Å². The lowest BCUT2D eigenvalue weighted by molar-refractivity contribution is 0.102. The third-order valence-corrected chi connectivity index (χ3v) is 2.83. The second-order valence-electron chi connectivity index (χ2n) is 4.11. The largest absolute Gasteiger partial charge is 0.506 e. The Morgan fingerprint density at radius 1 is 1.21 bits per heavy atom. The zero-order chi connectivity index (χ0) is 13.2. The molecule has 0 bridgehead atoms. The van der Waals surface area contributed by atoms with Gasteiger partial charge in [-0.3, -0.25) is 4.79 Å². The molecule has 0 aliphatic rings. The molecule has 0 saturated heterocycles. The Balaban J connectivity index is 1.89. The molecule has 5 nitrogen and oxygen atoms in total. The molecule has 0 saturated carbocycles. The quantitative estimate of drug-likeness (QED) is 0.614. The zero-order valence-electron chi connectivity index (χ0n) is 9.92. The summed E-state index contributed by atoms with van der Waals surface area (Å²) in [7, 11) is 0. The molecule has 0 aliphatic heterocycles. The molecule has 0 unspecified atom stereocenters. The molecule has 1 aromatic heterocycles. The van der Waals surface area contributed by atoms with Gasteiger partial charge >= 0.3 is 0 Å². The van der Waals surface area contributed by atoms with Crippen LogP contribution in [-0.2, 0) is 0 Å². The zero-order valence-corrected chi connectivity index (χ0v) is 9.92. The number of phenolic OH excluding ortho intramolecular Hbond substituents is 1. The van der Waals surface area contributed by atoms with Gasteiger partial charge in [-0.05, 0) is 30.3 Å². The van der Waals surface area contributed by atoms with Gasteiger partial charge in [-0.25, -0.2) is 4.98 Å². The number of fused-ring (bicyclic) bond motifs is 1. The minimum absolute atomic E-state index is 0.0402. The standard InChI is InChI=1S/C14H11N3O2/c18-13-4-2-1-3-11(13)17-14(19)9-5-6-10-12(7-9)16-8-15-10/h1-8,18H,(H,15,16)(H,17,19). The van der Waals surface area contributed by atoms with Crippen LogP contribution in [0.15, 0.2) is 48.8 Å². The van der Waals surface area contributed by atoms with Crippen LogP contribution in [0.5, 0.6) is 5.75 Å². The number of benzene rings is 2. The molecule has 0 fully saturated rings. The minimum atomic E-state index is -0.280. The second kappa shape index (κ2) is 4.45. The summed E-state index contributed by atoms with van der Waals surface area (Å²) in [5.74, 6) is -0.239. The van der Waals surface area contributed by atoms with Crippen molar-refractivity contribution >= 4 is 22.6 Å². The van der Waals surface area contributed by atoms with Crippen LogP contribution in [0.4, 0.5) is 5.69 Å². The molecule has 1 amide bonds. The molecule has 2 aromatic carbocycles. The van der Waals surface area contributed by atoms with Crippen LogP contribution >= 0.6 is 0 Å². The van der Waals surface area contributed by atoms with E-state index in [1.165, 1.54) is 6.07 Å². The molecular formula is C14H11N3O2. The smallest absolute Gasteiger partial charge is 0.255 e. The van der Waals surface area contributed by atoms with E-state index in [1.807, 2.05) is 0 Å². The first-order chi connectivity index (χ1) is 9.24. The van der Waals surface area contributed by atoms with Crippen molar-refractivity contribution in [3.63, 3.8) is 0 Å². The number of amides is 1. The maximum Gasteiger partial charge on any atom is 0.255 e. The average molecular weight is 253 g/mol. The molecule has 19 heavy (non-hydrogen) atoms. The number of carbonyl (C=O) groups excluding carboxylic acids is 1. The molecule has 0 radical (unpaired) electrons. The lowest BCUT2D eigenvalue weighted by atomic mass is 10.2. The number of H-pyrrole nitrogens is 1. The van der Waals surface area contributed by atoms with Gasteiger partial charge < -0.3 is 15.4 Å².